The largest absolute Gasteiger partial charge is 0.489 e. The first kappa shape index (κ1) is 19.0. The summed E-state index contributed by atoms with van der Waals surface area (Å²) in [5, 5.41) is 3.89. The molecule has 3 rings (SSSR count). The van der Waals surface area contributed by atoms with Crippen LogP contribution in [0.15, 0.2) is 77.9 Å². The van der Waals surface area contributed by atoms with E-state index in [2.05, 4.69) is 33.1 Å². The van der Waals surface area contributed by atoms with E-state index >= 15 is 0 Å². The number of hydrazone groups is 1. The van der Waals surface area contributed by atoms with E-state index in [1.54, 1.807) is 0 Å². The third kappa shape index (κ3) is 5.89. The van der Waals surface area contributed by atoms with Crippen molar-refractivity contribution in [2.24, 2.45) is 5.10 Å². The fourth-order valence-corrected chi connectivity index (χ4v) is 2.62. The van der Waals surface area contributed by atoms with Gasteiger partial charge in [0.25, 0.3) is 5.91 Å². The van der Waals surface area contributed by atoms with Crippen LogP contribution in [0.25, 0.3) is 0 Å². The summed E-state index contributed by atoms with van der Waals surface area (Å²) in [6, 6.07) is 20.9. The summed E-state index contributed by atoms with van der Waals surface area (Å²) >= 11 is 2.26. The van der Waals surface area contributed by atoms with E-state index in [4.69, 9.17) is 4.74 Å². The second-order valence-electron chi connectivity index (χ2n) is 5.69. The molecule has 0 radical (unpaired) electrons. The molecule has 136 valence electrons. The number of ether oxygens (including phenoxy) is 1. The molecule has 0 unspecified atom stereocenters. The predicted molar refractivity (Wildman–Crippen MR) is 111 cm³/mol. The summed E-state index contributed by atoms with van der Waals surface area (Å²) in [6.07, 6.45) is 1.51. The Morgan fingerprint density at radius 2 is 1.81 bits per heavy atom. The minimum atomic E-state index is -0.469. The van der Waals surface area contributed by atoms with Crippen LogP contribution < -0.4 is 10.2 Å². The summed E-state index contributed by atoms with van der Waals surface area (Å²) in [4.78, 5) is 11.9. The lowest BCUT2D eigenvalue weighted by molar-refractivity contribution is 0.0954. The van der Waals surface area contributed by atoms with Gasteiger partial charge in [0.05, 0.1) is 6.21 Å². The molecule has 3 aromatic rings. The van der Waals surface area contributed by atoms with Crippen molar-refractivity contribution in [2.45, 2.75) is 6.61 Å². The number of rotatable bonds is 6. The standard InChI is InChI=1S/C21H16FIN2O2/c22-18-3-1-2-17(12-18)21(26)25-24-13-15-6-10-20(11-7-15)27-14-16-4-8-19(23)9-5-16/h1-13H,14H2,(H,25,26)/b24-13-. The predicted octanol–water partition coefficient (Wildman–Crippen LogP) is 4.77. The fraction of sp³-hybridized carbons (Fsp3) is 0.0476. The molecule has 0 saturated carbocycles. The van der Waals surface area contributed by atoms with Gasteiger partial charge in [0.15, 0.2) is 0 Å². The fourth-order valence-electron chi connectivity index (χ4n) is 2.26. The number of carbonyl (C=O) groups excluding carboxylic acids is 1. The van der Waals surface area contributed by atoms with Gasteiger partial charge in [0.2, 0.25) is 0 Å². The molecule has 0 heterocycles. The molecule has 6 heteroatoms. The molecule has 0 bridgehead atoms. The summed E-state index contributed by atoms with van der Waals surface area (Å²) in [6.45, 7) is 0.494. The summed E-state index contributed by atoms with van der Waals surface area (Å²) < 4.78 is 20.0. The number of carbonyl (C=O) groups is 1. The Morgan fingerprint density at radius 3 is 2.52 bits per heavy atom. The zero-order valence-corrected chi connectivity index (χ0v) is 16.4. The molecular weight excluding hydrogens is 458 g/mol. The van der Waals surface area contributed by atoms with E-state index in [-0.39, 0.29) is 5.56 Å². The smallest absolute Gasteiger partial charge is 0.271 e. The Kier molecular flexibility index (Phi) is 6.54. The van der Waals surface area contributed by atoms with Crippen LogP contribution in [0, 0.1) is 9.39 Å². The lowest BCUT2D eigenvalue weighted by Gasteiger charge is -2.06. The molecule has 0 atom stereocenters. The Labute approximate surface area is 170 Å². The summed E-state index contributed by atoms with van der Waals surface area (Å²) in [5.74, 6) is -0.190. The Bertz CT molecular complexity index is 941. The molecule has 3 aromatic carbocycles. The number of benzene rings is 3. The van der Waals surface area contributed by atoms with E-state index in [0.29, 0.717) is 6.61 Å². The van der Waals surface area contributed by atoms with Gasteiger partial charge in [-0.1, -0.05) is 18.2 Å². The third-order valence-corrected chi connectivity index (χ3v) is 4.38. The second kappa shape index (κ2) is 9.27. The highest BCUT2D eigenvalue weighted by atomic mass is 127. The molecule has 27 heavy (non-hydrogen) atoms. The Morgan fingerprint density at radius 1 is 1.07 bits per heavy atom. The van der Waals surface area contributed by atoms with Crippen molar-refractivity contribution in [1.29, 1.82) is 0 Å². The highest BCUT2D eigenvalue weighted by molar-refractivity contribution is 14.1. The first-order valence-corrected chi connectivity index (χ1v) is 9.24. The molecular formula is C21H16FIN2O2. The highest BCUT2D eigenvalue weighted by Crippen LogP contribution is 2.14. The van der Waals surface area contributed by atoms with E-state index in [9.17, 15) is 9.18 Å². The highest BCUT2D eigenvalue weighted by Gasteiger charge is 2.04. The molecule has 0 aromatic heterocycles. The quantitative estimate of drug-likeness (QED) is 0.318. The van der Waals surface area contributed by atoms with Crippen molar-refractivity contribution in [3.05, 3.63) is 98.9 Å². The summed E-state index contributed by atoms with van der Waals surface area (Å²) in [7, 11) is 0. The van der Waals surface area contributed by atoms with E-state index in [1.165, 1.54) is 28.0 Å². The molecule has 1 amide bonds. The number of hydrogen-bond donors (Lipinski definition) is 1. The minimum absolute atomic E-state index is 0.214. The van der Waals surface area contributed by atoms with Crippen molar-refractivity contribution in [2.75, 3.05) is 0 Å². The van der Waals surface area contributed by atoms with Gasteiger partial charge in [-0.2, -0.15) is 5.10 Å². The van der Waals surface area contributed by atoms with Crippen LogP contribution in [0.3, 0.4) is 0 Å². The number of nitrogens with zero attached hydrogens (tertiary/aromatic N) is 1. The van der Waals surface area contributed by atoms with Gasteiger partial charge in [-0.15, -0.1) is 0 Å². The van der Waals surface area contributed by atoms with Gasteiger partial charge in [0.1, 0.15) is 18.2 Å². The van der Waals surface area contributed by atoms with Crippen LogP contribution >= 0.6 is 22.6 Å². The SMILES string of the molecule is O=C(N/N=C\c1ccc(OCc2ccc(I)cc2)cc1)c1cccc(F)c1. The molecule has 1 N–H and O–H groups in total. The van der Waals surface area contributed by atoms with Gasteiger partial charge in [0, 0.05) is 9.13 Å². The number of amides is 1. The Hall–Kier alpha value is -2.74. The van der Waals surface area contributed by atoms with Gasteiger partial charge in [-0.05, 0) is 88.3 Å². The van der Waals surface area contributed by atoms with Crippen LogP contribution in [0.2, 0.25) is 0 Å². The van der Waals surface area contributed by atoms with Crippen molar-refractivity contribution >= 4 is 34.7 Å². The average Bonchev–Trinajstić information content (AvgIpc) is 2.68. The van der Waals surface area contributed by atoms with Crippen LogP contribution in [0.5, 0.6) is 5.75 Å². The molecule has 4 nitrogen and oxygen atoms in total. The van der Waals surface area contributed by atoms with Crippen LogP contribution in [-0.2, 0) is 6.61 Å². The zero-order valence-electron chi connectivity index (χ0n) is 14.2. The van der Waals surface area contributed by atoms with E-state index in [1.807, 2.05) is 48.5 Å². The third-order valence-electron chi connectivity index (χ3n) is 3.67. The first-order valence-electron chi connectivity index (χ1n) is 8.16. The summed E-state index contributed by atoms with van der Waals surface area (Å²) in [5.41, 5.74) is 4.49. The number of halogens is 2. The molecule has 0 aliphatic rings. The maximum atomic E-state index is 13.1. The van der Waals surface area contributed by atoms with Gasteiger partial charge in [-0.3, -0.25) is 4.79 Å². The monoisotopic (exact) mass is 474 g/mol. The van der Waals surface area contributed by atoms with E-state index in [0.717, 1.165) is 22.9 Å². The van der Waals surface area contributed by atoms with Crippen LogP contribution in [0.4, 0.5) is 4.39 Å². The maximum absolute atomic E-state index is 13.1. The van der Waals surface area contributed by atoms with Gasteiger partial charge >= 0.3 is 0 Å². The molecule has 0 spiro atoms. The average molecular weight is 474 g/mol. The van der Waals surface area contributed by atoms with E-state index < -0.39 is 11.7 Å². The lowest BCUT2D eigenvalue weighted by atomic mass is 10.2. The maximum Gasteiger partial charge on any atom is 0.271 e. The van der Waals surface area contributed by atoms with Crippen LogP contribution in [0.1, 0.15) is 21.5 Å². The van der Waals surface area contributed by atoms with Gasteiger partial charge in [-0.25, -0.2) is 9.82 Å². The zero-order chi connectivity index (χ0) is 19.1. The van der Waals surface area contributed by atoms with Crippen LogP contribution in [-0.4, -0.2) is 12.1 Å². The molecule has 0 fully saturated rings. The number of nitrogens with one attached hydrogen (secondary N) is 1. The van der Waals surface area contributed by atoms with Crippen molar-refractivity contribution < 1.29 is 13.9 Å². The lowest BCUT2D eigenvalue weighted by Crippen LogP contribution is -2.17. The second-order valence-corrected chi connectivity index (χ2v) is 6.94. The molecule has 0 saturated heterocycles. The van der Waals surface area contributed by atoms with Crippen molar-refractivity contribution in [3.8, 4) is 5.75 Å². The van der Waals surface area contributed by atoms with Crippen molar-refractivity contribution in [1.82, 2.24) is 5.43 Å². The number of hydrogen-bond acceptors (Lipinski definition) is 3. The Balaban J connectivity index is 1.51. The molecule has 0 aliphatic carbocycles. The van der Waals surface area contributed by atoms with Crippen molar-refractivity contribution in [3.63, 3.8) is 0 Å². The first-order chi connectivity index (χ1) is 13.1. The molecule has 0 aliphatic heterocycles. The normalized spacial score (nSPS) is 10.7. The minimum Gasteiger partial charge on any atom is -0.489 e. The topological polar surface area (TPSA) is 50.7 Å². The van der Waals surface area contributed by atoms with Gasteiger partial charge < -0.3 is 4.74 Å².